The van der Waals surface area contributed by atoms with Crippen molar-refractivity contribution in [2.45, 2.75) is 32.4 Å². The Balaban J connectivity index is 2.63. The number of hydrogen-bond acceptors (Lipinski definition) is 4. The van der Waals surface area contributed by atoms with E-state index in [0.717, 1.165) is 17.9 Å². The van der Waals surface area contributed by atoms with Crippen LogP contribution in [0, 0.1) is 5.92 Å². The van der Waals surface area contributed by atoms with Crippen molar-refractivity contribution >= 4 is 17.7 Å². The van der Waals surface area contributed by atoms with Crippen molar-refractivity contribution in [1.29, 1.82) is 0 Å². The maximum Gasteiger partial charge on any atom is 0.240 e. The molecular formula is C12H24N2O2S. The fourth-order valence-corrected chi connectivity index (χ4v) is 3.13. The molecule has 1 heterocycles. The molecule has 2 atom stereocenters. The molecule has 4 nitrogen and oxygen atoms in total. The third-order valence-electron chi connectivity index (χ3n) is 3.17. The Hall–Kier alpha value is -0.260. The van der Waals surface area contributed by atoms with E-state index in [0.29, 0.717) is 19.2 Å². The van der Waals surface area contributed by atoms with Crippen LogP contribution in [0.25, 0.3) is 0 Å². The van der Waals surface area contributed by atoms with Gasteiger partial charge in [-0.05, 0) is 18.1 Å². The number of rotatable bonds is 6. The third-order valence-corrected chi connectivity index (χ3v) is 4.31. The highest BCUT2D eigenvalue weighted by atomic mass is 32.2. The van der Waals surface area contributed by atoms with Gasteiger partial charge in [0, 0.05) is 25.4 Å². The second-order valence-electron chi connectivity index (χ2n) is 4.81. The van der Waals surface area contributed by atoms with Crippen LogP contribution in [0.4, 0.5) is 0 Å². The topological polar surface area (TPSA) is 55.6 Å². The van der Waals surface area contributed by atoms with E-state index < -0.39 is 6.04 Å². The van der Waals surface area contributed by atoms with Crippen molar-refractivity contribution in [3.8, 4) is 0 Å². The first-order valence-corrected chi connectivity index (χ1v) is 7.36. The largest absolute Gasteiger partial charge is 0.383 e. The lowest BCUT2D eigenvalue weighted by Gasteiger charge is -2.31. The van der Waals surface area contributed by atoms with Crippen LogP contribution in [0.1, 0.15) is 20.3 Å². The van der Waals surface area contributed by atoms with Crippen molar-refractivity contribution in [2.75, 3.05) is 31.8 Å². The van der Waals surface area contributed by atoms with Gasteiger partial charge in [0.2, 0.25) is 5.91 Å². The summed E-state index contributed by atoms with van der Waals surface area (Å²) < 4.78 is 5.08. The molecule has 1 rings (SSSR count). The second kappa shape index (κ2) is 7.24. The Morgan fingerprint density at radius 2 is 2.29 bits per heavy atom. The summed E-state index contributed by atoms with van der Waals surface area (Å²) in [6.45, 7) is 5.21. The van der Waals surface area contributed by atoms with Crippen LogP contribution in [0.5, 0.6) is 0 Å². The molecule has 0 aromatic carbocycles. The minimum absolute atomic E-state index is 0.0737. The standard InChI is InChI=1S/C12H24N2O2S/c1-9(2)11(13)12(15)14(5-6-16-3)10-4-7-17-8-10/h9-11H,4-8,13H2,1-3H3/t10?,11-/m0/s1. The predicted octanol–water partition coefficient (Wildman–Crippen LogP) is 0.950. The number of carbonyl (C=O) groups excluding carboxylic acids is 1. The quantitative estimate of drug-likeness (QED) is 0.772. The summed E-state index contributed by atoms with van der Waals surface area (Å²) in [5.74, 6) is 2.42. The van der Waals surface area contributed by atoms with E-state index in [1.54, 1.807) is 7.11 Å². The van der Waals surface area contributed by atoms with Crippen LogP contribution < -0.4 is 5.73 Å². The summed E-state index contributed by atoms with van der Waals surface area (Å²) in [5, 5.41) is 0. The minimum atomic E-state index is -0.391. The molecule has 0 saturated carbocycles. The Labute approximate surface area is 108 Å². The smallest absolute Gasteiger partial charge is 0.240 e. The molecule has 1 saturated heterocycles. The van der Waals surface area contributed by atoms with E-state index in [4.69, 9.17) is 10.5 Å². The zero-order valence-electron chi connectivity index (χ0n) is 11.0. The lowest BCUT2D eigenvalue weighted by molar-refractivity contribution is -0.136. The van der Waals surface area contributed by atoms with Gasteiger partial charge < -0.3 is 15.4 Å². The first-order valence-electron chi connectivity index (χ1n) is 6.20. The van der Waals surface area contributed by atoms with Gasteiger partial charge in [-0.25, -0.2) is 0 Å². The molecule has 0 aromatic rings. The number of thioether (sulfide) groups is 1. The molecule has 17 heavy (non-hydrogen) atoms. The predicted molar refractivity (Wildman–Crippen MR) is 72.1 cm³/mol. The van der Waals surface area contributed by atoms with Gasteiger partial charge in [0.25, 0.3) is 0 Å². The van der Waals surface area contributed by atoms with Crippen molar-refractivity contribution in [3.05, 3.63) is 0 Å². The summed E-state index contributed by atoms with van der Waals surface area (Å²) in [5.41, 5.74) is 5.96. The highest BCUT2D eigenvalue weighted by molar-refractivity contribution is 7.99. The van der Waals surface area contributed by atoms with Crippen LogP contribution in [-0.4, -0.2) is 54.7 Å². The number of methoxy groups -OCH3 is 1. The lowest BCUT2D eigenvalue weighted by atomic mass is 10.0. The monoisotopic (exact) mass is 260 g/mol. The molecule has 0 aromatic heterocycles. The molecule has 0 aliphatic carbocycles. The first-order chi connectivity index (χ1) is 8.07. The van der Waals surface area contributed by atoms with Crippen LogP contribution in [-0.2, 0) is 9.53 Å². The van der Waals surface area contributed by atoms with Gasteiger partial charge in [-0.15, -0.1) is 0 Å². The molecule has 1 fully saturated rings. The third kappa shape index (κ3) is 4.16. The highest BCUT2D eigenvalue weighted by Crippen LogP contribution is 2.23. The number of carbonyl (C=O) groups is 1. The van der Waals surface area contributed by atoms with Crippen LogP contribution in [0.15, 0.2) is 0 Å². The summed E-state index contributed by atoms with van der Waals surface area (Å²) in [4.78, 5) is 14.2. The Kier molecular flexibility index (Phi) is 6.30. The van der Waals surface area contributed by atoms with Crippen LogP contribution >= 0.6 is 11.8 Å². The number of hydrogen-bond donors (Lipinski definition) is 1. The Bertz CT molecular complexity index is 243. The van der Waals surface area contributed by atoms with E-state index in [-0.39, 0.29) is 11.8 Å². The summed E-state index contributed by atoms with van der Waals surface area (Å²) in [7, 11) is 1.66. The van der Waals surface area contributed by atoms with Gasteiger partial charge in [-0.2, -0.15) is 11.8 Å². The number of amides is 1. The maximum atomic E-state index is 12.3. The van der Waals surface area contributed by atoms with Gasteiger partial charge in [-0.3, -0.25) is 4.79 Å². The van der Waals surface area contributed by atoms with Gasteiger partial charge in [-0.1, -0.05) is 13.8 Å². The van der Waals surface area contributed by atoms with E-state index in [1.807, 2.05) is 30.5 Å². The average Bonchev–Trinajstić information content (AvgIpc) is 2.81. The SMILES string of the molecule is COCCN(C(=O)[C@@H](N)C(C)C)C1CCSC1. The first kappa shape index (κ1) is 14.8. The summed E-state index contributed by atoms with van der Waals surface area (Å²) >= 11 is 1.91. The number of ether oxygens (including phenoxy) is 1. The molecule has 0 spiro atoms. The van der Waals surface area contributed by atoms with Crippen molar-refractivity contribution in [3.63, 3.8) is 0 Å². The zero-order chi connectivity index (χ0) is 12.8. The fraction of sp³-hybridized carbons (Fsp3) is 0.917. The fourth-order valence-electron chi connectivity index (χ4n) is 1.91. The maximum absolute atomic E-state index is 12.3. The Morgan fingerprint density at radius 1 is 1.59 bits per heavy atom. The van der Waals surface area contributed by atoms with Crippen molar-refractivity contribution in [2.24, 2.45) is 11.7 Å². The number of nitrogens with zero attached hydrogens (tertiary/aromatic N) is 1. The highest BCUT2D eigenvalue weighted by Gasteiger charge is 2.30. The summed E-state index contributed by atoms with van der Waals surface area (Å²) in [6.07, 6.45) is 1.07. The van der Waals surface area contributed by atoms with Crippen LogP contribution in [0.3, 0.4) is 0 Å². The van der Waals surface area contributed by atoms with E-state index in [1.165, 1.54) is 0 Å². The number of nitrogens with two attached hydrogens (primary N) is 1. The average molecular weight is 260 g/mol. The van der Waals surface area contributed by atoms with Gasteiger partial charge >= 0.3 is 0 Å². The molecule has 0 radical (unpaired) electrons. The summed E-state index contributed by atoms with van der Waals surface area (Å²) in [6, 6.07) is -0.0510. The van der Waals surface area contributed by atoms with E-state index >= 15 is 0 Å². The van der Waals surface area contributed by atoms with Gasteiger partial charge in [0.15, 0.2) is 0 Å². The molecule has 1 aliphatic heterocycles. The van der Waals surface area contributed by atoms with Crippen molar-refractivity contribution in [1.82, 2.24) is 4.90 Å². The molecule has 1 amide bonds. The van der Waals surface area contributed by atoms with E-state index in [9.17, 15) is 4.79 Å². The molecular weight excluding hydrogens is 236 g/mol. The molecule has 1 aliphatic rings. The van der Waals surface area contributed by atoms with Gasteiger partial charge in [0.1, 0.15) is 0 Å². The molecule has 1 unspecified atom stereocenters. The zero-order valence-corrected chi connectivity index (χ0v) is 11.8. The van der Waals surface area contributed by atoms with Crippen LogP contribution in [0.2, 0.25) is 0 Å². The lowest BCUT2D eigenvalue weighted by Crippen LogP contribution is -2.51. The normalized spacial score (nSPS) is 21.8. The van der Waals surface area contributed by atoms with Crippen molar-refractivity contribution < 1.29 is 9.53 Å². The molecule has 5 heteroatoms. The molecule has 2 N–H and O–H groups in total. The second-order valence-corrected chi connectivity index (χ2v) is 5.96. The molecule has 0 bridgehead atoms. The van der Waals surface area contributed by atoms with E-state index in [2.05, 4.69) is 0 Å². The Morgan fingerprint density at radius 3 is 2.76 bits per heavy atom. The molecule has 100 valence electrons. The minimum Gasteiger partial charge on any atom is -0.383 e. The van der Waals surface area contributed by atoms with Gasteiger partial charge in [0.05, 0.1) is 12.6 Å².